The van der Waals surface area contributed by atoms with Crippen molar-refractivity contribution in [2.45, 2.75) is 19.3 Å². The van der Waals surface area contributed by atoms with E-state index in [9.17, 15) is 0 Å². The summed E-state index contributed by atoms with van der Waals surface area (Å²) >= 11 is 0. The summed E-state index contributed by atoms with van der Waals surface area (Å²) in [4.78, 5) is 0. The van der Waals surface area contributed by atoms with E-state index < -0.39 is 0 Å². The van der Waals surface area contributed by atoms with Crippen LogP contribution < -0.4 is 0 Å². The Morgan fingerprint density at radius 1 is 0.696 bits per heavy atom. The molecule has 112 valence electrons. The highest BCUT2D eigenvalue weighted by molar-refractivity contribution is 5.44. The van der Waals surface area contributed by atoms with E-state index in [0.717, 1.165) is 12.0 Å². The van der Waals surface area contributed by atoms with E-state index in [1.807, 2.05) is 24.3 Å². The molecule has 0 N–H and O–H groups in total. The van der Waals surface area contributed by atoms with E-state index in [1.54, 1.807) is 0 Å². The lowest BCUT2D eigenvalue weighted by atomic mass is 9.91. The molecule has 0 spiro atoms. The van der Waals surface area contributed by atoms with Gasteiger partial charge in [0.05, 0.1) is 5.92 Å². The van der Waals surface area contributed by atoms with Crippen LogP contribution in [0.15, 0.2) is 84.9 Å². The van der Waals surface area contributed by atoms with Crippen LogP contribution in [-0.2, 0) is 6.42 Å². The van der Waals surface area contributed by atoms with Crippen molar-refractivity contribution < 1.29 is 0 Å². The van der Waals surface area contributed by atoms with Crippen LogP contribution in [0.2, 0.25) is 0 Å². The monoisotopic (exact) mass is 296 g/mol. The molecule has 0 amide bonds. The average Bonchev–Trinajstić information content (AvgIpc) is 2.64. The summed E-state index contributed by atoms with van der Waals surface area (Å²) in [6.45, 7) is 2.18. The van der Waals surface area contributed by atoms with Gasteiger partial charge in [0.15, 0.2) is 0 Å². The second kappa shape index (κ2) is 7.47. The van der Waals surface area contributed by atoms with Crippen LogP contribution in [0.25, 0.3) is 0 Å². The third-order valence-electron chi connectivity index (χ3n) is 3.99. The summed E-state index contributed by atoms with van der Waals surface area (Å²) < 4.78 is 0. The molecule has 1 unspecified atom stereocenters. The van der Waals surface area contributed by atoms with Gasteiger partial charge in [-0.2, -0.15) is 0 Å². The van der Waals surface area contributed by atoms with Crippen molar-refractivity contribution >= 4 is 0 Å². The Morgan fingerprint density at radius 2 is 1.26 bits per heavy atom. The standard InChI is InChI=1S/C23H20/c1-2-19-13-16-22(17-14-19)23(21-11-7-4-8-12-21)18-15-20-9-5-3-6-10-20/h3-14,16-17,23H,2H2,1H3. The molecule has 3 rings (SSSR count). The van der Waals surface area contributed by atoms with Gasteiger partial charge in [0.1, 0.15) is 0 Å². The number of benzene rings is 3. The lowest BCUT2D eigenvalue weighted by Crippen LogP contribution is -1.98. The molecule has 0 saturated carbocycles. The zero-order chi connectivity index (χ0) is 15.9. The number of rotatable bonds is 3. The average molecular weight is 296 g/mol. The number of hydrogen-bond acceptors (Lipinski definition) is 0. The van der Waals surface area contributed by atoms with Crippen molar-refractivity contribution in [3.05, 3.63) is 107 Å². The Kier molecular flexibility index (Phi) is 4.92. The predicted octanol–water partition coefficient (Wildman–Crippen LogP) is 5.43. The molecule has 0 aliphatic heterocycles. The van der Waals surface area contributed by atoms with Crippen LogP contribution in [-0.4, -0.2) is 0 Å². The first kappa shape index (κ1) is 15.1. The fraction of sp³-hybridized carbons (Fsp3) is 0.130. The molecular weight excluding hydrogens is 276 g/mol. The Balaban J connectivity index is 1.99. The van der Waals surface area contributed by atoms with Gasteiger partial charge in [0.25, 0.3) is 0 Å². The normalized spacial score (nSPS) is 11.3. The van der Waals surface area contributed by atoms with Crippen molar-refractivity contribution in [2.24, 2.45) is 0 Å². The molecule has 0 aliphatic carbocycles. The second-order valence-corrected chi connectivity index (χ2v) is 5.57. The first-order valence-electron chi connectivity index (χ1n) is 8.07. The van der Waals surface area contributed by atoms with Gasteiger partial charge >= 0.3 is 0 Å². The molecular formula is C23H20. The van der Waals surface area contributed by atoms with Gasteiger partial charge in [-0.25, -0.2) is 0 Å². The molecule has 3 aromatic rings. The number of aryl methyl sites for hydroxylation is 1. The van der Waals surface area contributed by atoms with Crippen molar-refractivity contribution in [1.82, 2.24) is 0 Å². The minimum atomic E-state index is 0.0994. The minimum Gasteiger partial charge on any atom is -0.0848 e. The molecule has 0 nitrogen and oxygen atoms in total. The molecule has 0 heterocycles. The number of hydrogen-bond donors (Lipinski definition) is 0. The van der Waals surface area contributed by atoms with Crippen molar-refractivity contribution in [3.63, 3.8) is 0 Å². The quantitative estimate of drug-likeness (QED) is 0.565. The molecule has 0 saturated heterocycles. The van der Waals surface area contributed by atoms with E-state index in [4.69, 9.17) is 0 Å². The van der Waals surface area contributed by atoms with E-state index in [0.29, 0.717) is 0 Å². The molecule has 0 radical (unpaired) electrons. The van der Waals surface area contributed by atoms with E-state index in [-0.39, 0.29) is 5.92 Å². The van der Waals surface area contributed by atoms with E-state index in [1.165, 1.54) is 16.7 Å². The van der Waals surface area contributed by atoms with Crippen LogP contribution in [0.1, 0.15) is 35.1 Å². The smallest absolute Gasteiger partial charge is 0.0705 e. The van der Waals surface area contributed by atoms with Crippen molar-refractivity contribution in [3.8, 4) is 11.8 Å². The van der Waals surface area contributed by atoms with Crippen LogP contribution in [0.5, 0.6) is 0 Å². The van der Waals surface area contributed by atoms with Gasteiger partial charge in [-0.15, -0.1) is 0 Å². The molecule has 1 atom stereocenters. The van der Waals surface area contributed by atoms with Gasteiger partial charge in [-0.1, -0.05) is 91.6 Å². The Hall–Kier alpha value is -2.78. The molecule has 0 aliphatic rings. The molecule has 0 fully saturated rings. The highest BCUT2D eigenvalue weighted by atomic mass is 14.1. The Bertz CT molecular complexity index is 787. The summed E-state index contributed by atoms with van der Waals surface area (Å²) in [7, 11) is 0. The van der Waals surface area contributed by atoms with Gasteiger partial charge < -0.3 is 0 Å². The molecule has 3 aromatic carbocycles. The molecule has 0 bridgehead atoms. The van der Waals surface area contributed by atoms with Gasteiger partial charge in [0.2, 0.25) is 0 Å². The predicted molar refractivity (Wildman–Crippen MR) is 97.4 cm³/mol. The third kappa shape index (κ3) is 3.90. The largest absolute Gasteiger partial charge is 0.0848 e. The summed E-state index contributed by atoms with van der Waals surface area (Å²) in [5, 5.41) is 0. The topological polar surface area (TPSA) is 0 Å². The van der Waals surface area contributed by atoms with Crippen molar-refractivity contribution in [2.75, 3.05) is 0 Å². The first-order chi connectivity index (χ1) is 11.4. The Morgan fingerprint density at radius 3 is 1.87 bits per heavy atom. The van der Waals surface area contributed by atoms with E-state index in [2.05, 4.69) is 79.4 Å². The fourth-order valence-electron chi connectivity index (χ4n) is 2.63. The lowest BCUT2D eigenvalue weighted by Gasteiger charge is -2.12. The van der Waals surface area contributed by atoms with E-state index >= 15 is 0 Å². The first-order valence-corrected chi connectivity index (χ1v) is 8.07. The van der Waals surface area contributed by atoms with Gasteiger partial charge in [-0.05, 0) is 35.2 Å². The minimum absolute atomic E-state index is 0.0994. The van der Waals surface area contributed by atoms with Crippen LogP contribution in [0, 0.1) is 11.8 Å². The zero-order valence-electron chi connectivity index (χ0n) is 13.4. The van der Waals surface area contributed by atoms with Gasteiger partial charge in [0, 0.05) is 5.56 Å². The Labute approximate surface area is 138 Å². The molecule has 23 heavy (non-hydrogen) atoms. The summed E-state index contributed by atoms with van der Waals surface area (Å²) in [6, 6.07) is 29.5. The SMILES string of the molecule is CCc1ccc(C(C#Cc2ccccc2)c2ccccc2)cc1. The highest BCUT2D eigenvalue weighted by Gasteiger charge is 2.10. The van der Waals surface area contributed by atoms with Crippen LogP contribution >= 0.6 is 0 Å². The maximum Gasteiger partial charge on any atom is 0.0705 e. The summed E-state index contributed by atoms with van der Waals surface area (Å²) in [6.07, 6.45) is 1.06. The molecule has 0 aromatic heterocycles. The van der Waals surface area contributed by atoms with Crippen LogP contribution in [0.4, 0.5) is 0 Å². The zero-order valence-corrected chi connectivity index (χ0v) is 13.4. The maximum atomic E-state index is 3.46. The summed E-state index contributed by atoms with van der Waals surface area (Å²) in [5.41, 5.74) is 4.90. The molecule has 0 heteroatoms. The highest BCUT2D eigenvalue weighted by Crippen LogP contribution is 2.24. The van der Waals surface area contributed by atoms with Crippen LogP contribution in [0.3, 0.4) is 0 Å². The summed E-state index contributed by atoms with van der Waals surface area (Å²) in [5.74, 6) is 6.88. The van der Waals surface area contributed by atoms with Crippen molar-refractivity contribution in [1.29, 1.82) is 0 Å². The second-order valence-electron chi connectivity index (χ2n) is 5.57. The fourth-order valence-corrected chi connectivity index (χ4v) is 2.63. The maximum absolute atomic E-state index is 3.46. The lowest BCUT2D eigenvalue weighted by molar-refractivity contribution is 1.05. The third-order valence-corrected chi connectivity index (χ3v) is 3.99. The van der Waals surface area contributed by atoms with Gasteiger partial charge in [-0.3, -0.25) is 0 Å².